The van der Waals surface area contributed by atoms with Crippen LogP contribution in [-0.4, -0.2) is 30.2 Å². The predicted octanol–water partition coefficient (Wildman–Crippen LogP) is 5.93. The Morgan fingerprint density at radius 2 is 1.92 bits per heavy atom. The third kappa shape index (κ3) is 5.53. The van der Waals surface area contributed by atoms with Gasteiger partial charge in [0.25, 0.3) is 0 Å². The fourth-order valence-corrected chi connectivity index (χ4v) is 3.98. The summed E-state index contributed by atoms with van der Waals surface area (Å²) in [5.41, 5.74) is 2.74. The molecule has 0 radical (unpaired) electrons. The molecule has 3 aromatic carbocycles. The van der Waals surface area contributed by atoms with E-state index in [4.69, 9.17) is 14.2 Å². The van der Waals surface area contributed by atoms with Crippen molar-refractivity contribution < 1.29 is 19.0 Å². The van der Waals surface area contributed by atoms with Gasteiger partial charge in [0.2, 0.25) is 5.91 Å². The molecular weight excluding hydrogens is 468 g/mol. The second-order valence-corrected chi connectivity index (χ2v) is 8.39. The third-order valence-electron chi connectivity index (χ3n) is 5.82. The molecule has 2 heterocycles. The number of fused-ring (bicyclic) bond motifs is 1. The van der Waals surface area contributed by atoms with E-state index >= 15 is 0 Å². The number of hydrogen-bond acceptors (Lipinski definition) is 7. The van der Waals surface area contributed by atoms with Gasteiger partial charge < -0.3 is 24.8 Å². The summed E-state index contributed by atoms with van der Waals surface area (Å²) in [7, 11) is 0. The molecule has 0 aliphatic carbocycles. The highest BCUT2D eigenvalue weighted by Gasteiger charge is 2.21. The molecule has 1 unspecified atom stereocenters. The summed E-state index contributed by atoms with van der Waals surface area (Å²) < 4.78 is 17.4. The number of anilines is 3. The van der Waals surface area contributed by atoms with Gasteiger partial charge in [0.05, 0.1) is 35.7 Å². The number of aromatic nitrogens is 1. The minimum absolute atomic E-state index is 0.121. The van der Waals surface area contributed by atoms with E-state index in [1.807, 2.05) is 54.6 Å². The second-order valence-electron chi connectivity index (χ2n) is 8.39. The Hall–Kier alpha value is -4.87. The smallest absolute Gasteiger partial charge is 0.247 e. The van der Waals surface area contributed by atoms with Crippen LogP contribution in [0.2, 0.25) is 0 Å². The highest BCUT2D eigenvalue weighted by atomic mass is 16.5. The summed E-state index contributed by atoms with van der Waals surface area (Å²) in [6, 6.07) is 22.6. The minimum atomic E-state index is -0.375. The van der Waals surface area contributed by atoms with Crippen LogP contribution in [0.5, 0.6) is 17.2 Å². The molecule has 1 aromatic heterocycles. The lowest BCUT2D eigenvalue weighted by molar-refractivity contribution is -0.111. The van der Waals surface area contributed by atoms with Gasteiger partial charge in [-0.15, -0.1) is 0 Å². The Bertz CT molecular complexity index is 1470. The number of benzene rings is 3. The lowest BCUT2D eigenvalue weighted by atomic mass is 10.1. The first-order valence-electron chi connectivity index (χ1n) is 11.8. The number of carbonyl (C=O) groups excluding carboxylic acids is 1. The number of carbonyl (C=O) groups is 1. The van der Waals surface area contributed by atoms with Crippen molar-refractivity contribution in [2.45, 2.75) is 12.5 Å². The Balaban J connectivity index is 1.49. The Kier molecular flexibility index (Phi) is 6.97. The molecular formula is C29H24N4O4. The van der Waals surface area contributed by atoms with Crippen molar-refractivity contribution in [2.75, 3.05) is 23.8 Å². The second kappa shape index (κ2) is 10.8. The zero-order valence-corrected chi connectivity index (χ0v) is 19.9. The van der Waals surface area contributed by atoms with Gasteiger partial charge in [0.15, 0.2) is 0 Å². The van der Waals surface area contributed by atoms with Crippen molar-refractivity contribution in [3.05, 3.63) is 91.1 Å². The maximum atomic E-state index is 12.2. The standard InChI is InChI=1S/C29H24N4O4/c1-2-28(34)33-26-14-24-25(15-27(26)37-23-12-13-35-18-23)31-17-19(16-30)29(24)32-20-8-10-22(11-9-20)36-21-6-4-3-5-7-21/h2-11,14-15,17,23H,1,12-13,18H2,(H,31,32)(H,33,34). The number of amides is 1. The number of para-hydroxylation sites is 1. The topological polar surface area (TPSA) is 106 Å². The van der Waals surface area contributed by atoms with E-state index in [0.717, 1.165) is 17.9 Å². The molecule has 1 amide bonds. The summed E-state index contributed by atoms with van der Waals surface area (Å²) in [6.07, 6.45) is 3.34. The van der Waals surface area contributed by atoms with E-state index in [2.05, 4.69) is 28.3 Å². The SMILES string of the molecule is C=CC(=O)Nc1cc2c(Nc3ccc(Oc4ccccc4)cc3)c(C#N)cnc2cc1OC1CCOC1. The minimum Gasteiger partial charge on any atom is -0.486 e. The van der Waals surface area contributed by atoms with Crippen LogP contribution in [0.25, 0.3) is 10.9 Å². The Labute approximate surface area is 214 Å². The fourth-order valence-electron chi connectivity index (χ4n) is 3.98. The highest BCUT2D eigenvalue weighted by molar-refractivity contribution is 6.04. The van der Waals surface area contributed by atoms with E-state index in [9.17, 15) is 10.1 Å². The molecule has 0 bridgehead atoms. The molecule has 1 aliphatic rings. The van der Waals surface area contributed by atoms with Crippen molar-refractivity contribution in [3.8, 4) is 23.3 Å². The number of ether oxygens (including phenoxy) is 3. The maximum absolute atomic E-state index is 12.2. The van der Waals surface area contributed by atoms with Gasteiger partial charge in [-0.25, -0.2) is 0 Å². The predicted molar refractivity (Wildman–Crippen MR) is 141 cm³/mol. The molecule has 4 aromatic rings. The van der Waals surface area contributed by atoms with Crippen molar-refractivity contribution in [2.24, 2.45) is 0 Å². The molecule has 1 saturated heterocycles. The van der Waals surface area contributed by atoms with Crippen LogP contribution in [0.4, 0.5) is 17.1 Å². The molecule has 5 rings (SSSR count). The molecule has 1 fully saturated rings. The number of hydrogen-bond donors (Lipinski definition) is 2. The summed E-state index contributed by atoms with van der Waals surface area (Å²) in [4.78, 5) is 16.6. The maximum Gasteiger partial charge on any atom is 0.247 e. The molecule has 8 heteroatoms. The highest BCUT2D eigenvalue weighted by Crippen LogP contribution is 2.37. The number of pyridine rings is 1. The molecule has 184 valence electrons. The first-order valence-corrected chi connectivity index (χ1v) is 11.8. The summed E-state index contributed by atoms with van der Waals surface area (Å²) in [5.74, 6) is 1.53. The van der Waals surface area contributed by atoms with E-state index in [1.165, 1.54) is 12.3 Å². The average Bonchev–Trinajstić information content (AvgIpc) is 3.44. The fraction of sp³-hybridized carbons (Fsp3) is 0.138. The van der Waals surface area contributed by atoms with E-state index in [1.54, 1.807) is 12.1 Å². The van der Waals surface area contributed by atoms with Crippen LogP contribution in [-0.2, 0) is 9.53 Å². The lowest BCUT2D eigenvalue weighted by Gasteiger charge is -2.18. The molecule has 2 N–H and O–H groups in total. The molecule has 8 nitrogen and oxygen atoms in total. The molecule has 37 heavy (non-hydrogen) atoms. The first kappa shape index (κ1) is 23.9. The molecule has 1 atom stereocenters. The van der Waals surface area contributed by atoms with Crippen molar-refractivity contribution in [3.63, 3.8) is 0 Å². The number of rotatable bonds is 8. The van der Waals surface area contributed by atoms with Gasteiger partial charge in [-0.2, -0.15) is 5.26 Å². The van der Waals surface area contributed by atoms with Crippen molar-refractivity contribution >= 4 is 33.9 Å². The van der Waals surface area contributed by atoms with E-state index < -0.39 is 0 Å². The Morgan fingerprint density at radius 1 is 1.14 bits per heavy atom. The van der Waals surface area contributed by atoms with Crippen molar-refractivity contribution in [1.82, 2.24) is 4.98 Å². The van der Waals surface area contributed by atoms with Gasteiger partial charge in [-0.1, -0.05) is 24.8 Å². The van der Waals surface area contributed by atoms with Gasteiger partial charge >= 0.3 is 0 Å². The summed E-state index contributed by atoms with van der Waals surface area (Å²) in [6.45, 7) is 4.64. The van der Waals surface area contributed by atoms with Crippen LogP contribution in [0, 0.1) is 11.3 Å². The monoisotopic (exact) mass is 492 g/mol. The van der Waals surface area contributed by atoms with Gasteiger partial charge in [-0.05, 0) is 48.5 Å². The van der Waals surface area contributed by atoms with Gasteiger partial charge in [0, 0.05) is 29.8 Å². The first-order chi connectivity index (χ1) is 18.1. The molecule has 0 spiro atoms. The summed E-state index contributed by atoms with van der Waals surface area (Å²) >= 11 is 0. The van der Waals surface area contributed by atoms with E-state index in [0.29, 0.717) is 52.6 Å². The lowest BCUT2D eigenvalue weighted by Crippen LogP contribution is -2.18. The van der Waals surface area contributed by atoms with Crippen LogP contribution in [0.1, 0.15) is 12.0 Å². The van der Waals surface area contributed by atoms with Crippen LogP contribution >= 0.6 is 0 Å². The summed E-state index contributed by atoms with van der Waals surface area (Å²) in [5, 5.41) is 16.6. The van der Waals surface area contributed by atoms with Crippen LogP contribution in [0.3, 0.4) is 0 Å². The van der Waals surface area contributed by atoms with Crippen LogP contribution in [0.15, 0.2) is 85.6 Å². The number of nitriles is 1. The van der Waals surface area contributed by atoms with Crippen LogP contribution < -0.4 is 20.1 Å². The molecule has 0 saturated carbocycles. The zero-order valence-electron chi connectivity index (χ0n) is 19.9. The Morgan fingerprint density at radius 3 is 2.62 bits per heavy atom. The molecule has 1 aliphatic heterocycles. The van der Waals surface area contributed by atoms with E-state index in [-0.39, 0.29) is 12.0 Å². The number of nitrogens with zero attached hydrogens (tertiary/aromatic N) is 2. The number of nitrogens with one attached hydrogen (secondary N) is 2. The largest absolute Gasteiger partial charge is 0.486 e. The third-order valence-corrected chi connectivity index (χ3v) is 5.82. The average molecular weight is 493 g/mol. The zero-order chi connectivity index (χ0) is 25.6. The van der Waals surface area contributed by atoms with Gasteiger partial charge in [0.1, 0.15) is 29.4 Å². The van der Waals surface area contributed by atoms with Crippen molar-refractivity contribution in [1.29, 1.82) is 5.26 Å². The normalized spacial score (nSPS) is 14.5. The quantitative estimate of drug-likeness (QED) is 0.294. The van der Waals surface area contributed by atoms with Gasteiger partial charge in [-0.3, -0.25) is 9.78 Å².